The van der Waals surface area contributed by atoms with Crippen molar-refractivity contribution in [3.63, 3.8) is 0 Å². The van der Waals surface area contributed by atoms with Crippen LogP contribution in [0, 0.1) is 11.8 Å². The van der Waals surface area contributed by atoms with Crippen LogP contribution in [-0.4, -0.2) is 11.9 Å². The molecule has 0 aliphatic rings. The van der Waals surface area contributed by atoms with Crippen molar-refractivity contribution in [1.82, 2.24) is 5.32 Å². The molecule has 0 saturated heterocycles. The Labute approximate surface area is 157 Å². The molecule has 3 N–H and O–H groups in total. The van der Waals surface area contributed by atoms with E-state index in [0.29, 0.717) is 5.69 Å². The topological polar surface area (TPSA) is 55.1 Å². The number of nitrogens with one attached hydrogen (secondary N) is 1. The molecule has 0 radical (unpaired) electrons. The number of hydrogen-bond donors (Lipinski definition) is 2. The number of anilines is 1. The van der Waals surface area contributed by atoms with Crippen molar-refractivity contribution < 1.29 is 4.79 Å². The molecule has 26 heavy (non-hydrogen) atoms. The minimum absolute atomic E-state index is 0.00458. The van der Waals surface area contributed by atoms with Crippen molar-refractivity contribution in [3.05, 3.63) is 64.7 Å². The normalized spacial score (nSPS) is 12.0. The van der Waals surface area contributed by atoms with Crippen LogP contribution in [-0.2, 0) is 16.6 Å². The van der Waals surface area contributed by atoms with Gasteiger partial charge in [0.25, 0.3) is 0 Å². The van der Waals surface area contributed by atoms with E-state index in [2.05, 4.69) is 44.0 Å². The number of benzene rings is 2. The van der Waals surface area contributed by atoms with Gasteiger partial charge in [-0.2, -0.15) is 0 Å². The molecule has 1 atom stereocenters. The molecule has 2 aromatic rings. The Morgan fingerprint density at radius 3 is 2.31 bits per heavy atom. The number of hydrogen-bond acceptors (Lipinski definition) is 2. The average Bonchev–Trinajstić information content (AvgIpc) is 2.53. The second-order valence-corrected chi connectivity index (χ2v) is 7.80. The van der Waals surface area contributed by atoms with Gasteiger partial charge in [0, 0.05) is 29.8 Å². The lowest BCUT2D eigenvalue weighted by Gasteiger charge is -2.19. The highest BCUT2D eigenvalue weighted by Gasteiger charge is 2.14. The molecule has 0 aromatic heterocycles. The number of nitrogens with two attached hydrogens (primary N) is 1. The molecule has 1 unspecified atom stereocenters. The lowest BCUT2D eigenvalue weighted by molar-refractivity contribution is -0.119. The van der Waals surface area contributed by atoms with E-state index in [4.69, 9.17) is 5.73 Å². The maximum Gasteiger partial charge on any atom is 0.217 e. The molecular formula is C23H28N2O. The number of rotatable bonds is 3. The lowest BCUT2D eigenvalue weighted by atomic mass is 9.86. The van der Waals surface area contributed by atoms with Gasteiger partial charge in [0.2, 0.25) is 5.91 Å². The highest BCUT2D eigenvalue weighted by Crippen LogP contribution is 2.25. The molecule has 0 spiro atoms. The fraction of sp³-hybridized carbons (Fsp3) is 0.348. The standard InChI is InChI=1S/C23H28N2O/c1-16(25-17(2)26)14-19-8-6-18(7-9-19)10-11-20-12-13-21(15-22(20)24)23(3,4)5/h6-9,12-13,15-16H,14,24H2,1-5H3,(H,25,26). The van der Waals surface area contributed by atoms with Gasteiger partial charge in [-0.1, -0.05) is 50.8 Å². The van der Waals surface area contributed by atoms with Crippen LogP contribution in [0.25, 0.3) is 0 Å². The fourth-order valence-corrected chi connectivity index (χ4v) is 2.76. The van der Waals surface area contributed by atoms with E-state index in [0.717, 1.165) is 17.5 Å². The van der Waals surface area contributed by atoms with Gasteiger partial charge in [-0.15, -0.1) is 0 Å². The van der Waals surface area contributed by atoms with Gasteiger partial charge in [0.05, 0.1) is 0 Å². The molecule has 0 aliphatic carbocycles. The Bertz CT molecular complexity index is 833. The van der Waals surface area contributed by atoms with E-state index in [1.807, 2.05) is 43.3 Å². The first kappa shape index (κ1) is 19.6. The molecule has 136 valence electrons. The van der Waals surface area contributed by atoms with Gasteiger partial charge in [0.15, 0.2) is 0 Å². The van der Waals surface area contributed by atoms with E-state index < -0.39 is 0 Å². The van der Waals surface area contributed by atoms with Crippen LogP contribution in [0.3, 0.4) is 0 Å². The Kier molecular flexibility index (Phi) is 6.10. The van der Waals surface area contributed by atoms with E-state index in [9.17, 15) is 4.79 Å². The maximum atomic E-state index is 11.1. The average molecular weight is 348 g/mol. The Balaban J connectivity index is 2.09. The maximum absolute atomic E-state index is 11.1. The van der Waals surface area contributed by atoms with Crippen molar-refractivity contribution in [2.45, 2.75) is 52.5 Å². The number of carbonyl (C=O) groups excluding carboxylic acids is 1. The Morgan fingerprint density at radius 2 is 1.77 bits per heavy atom. The highest BCUT2D eigenvalue weighted by atomic mass is 16.1. The fourth-order valence-electron chi connectivity index (χ4n) is 2.76. The van der Waals surface area contributed by atoms with E-state index in [1.165, 1.54) is 18.1 Å². The molecule has 0 fully saturated rings. The zero-order valence-corrected chi connectivity index (χ0v) is 16.3. The van der Waals surface area contributed by atoms with Crippen LogP contribution in [0.15, 0.2) is 42.5 Å². The third kappa shape index (κ3) is 5.67. The molecule has 0 saturated carbocycles. The van der Waals surface area contributed by atoms with Crippen molar-refractivity contribution in [3.8, 4) is 11.8 Å². The summed E-state index contributed by atoms with van der Waals surface area (Å²) in [4.78, 5) is 11.1. The first-order valence-electron chi connectivity index (χ1n) is 8.93. The lowest BCUT2D eigenvalue weighted by Crippen LogP contribution is -2.31. The van der Waals surface area contributed by atoms with Gasteiger partial charge < -0.3 is 11.1 Å². The molecular weight excluding hydrogens is 320 g/mol. The van der Waals surface area contributed by atoms with E-state index >= 15 is 0 Å². The molecule has 3 heteroatoms. The summed E-state index contributed by atoms with van der Waals surface area (Å²) >= 11 is 0. The summed E-state index contributed by atoms with van der Waals surface area (Å²) < 4.78 is 0. The number of nitrogen functional groups attached to an aromatic ring is 1. The molecule has 3 nitrogen and oxygen atoms in total. The van der Waals surface area contributed by atoms with Crippen molar-refractivity contribution in [2.24, 2.45) is 0 Å². The van der Waals surface area contributed by atoms with Crippen LogP contribution in [0.1, 0.15) is 56.9 Å². The molecule has 1 amide bonds. The van der Waals surface area contributed by atoms with Crippen molar-refractivity contribution in [1.29, 1.82) is 0 Å². The zero-order chi connectivity index (χ0) is 19.3. The summed E-state index contributed by atoms with van der Waals surface area (Å²) in [6, 6.07) is 14.3. The van der Waals surface area contributed by atoms with Gasteiger partial charge in [0.1, 0.15) is 0 Å². The zero-order valence-electron chi connectivity index (χ0n) is 16.3. The predicted molar refractivity (Wildman–Crippen MR) is 109 cm³/mol. The van der Waals surface area contributed by atoms with Gasteiger partial charge in [-0.3, -0.25) is 4.79 Å². The first-order chi connectivity index (χ1) is 12.1. The smallest absolute Gasteiger partial charge is 0.217 e. The Morgan fingerprint density at radius 1 is 1.12 bits per heavy atom. The summed E-state index contributed by atoms with van der Waals surface area (Å²) in [6.07, 6.45) is 0.800. The molecule has 0 aliphatic heterocycles. The number of amides is 1. The van der Waals surface area contributed by atoms with Crippen molar-refractivity contribution in [2.75, 3.05) is 5.73 Å². The molecule has 2 aromatic carbocycles. The quantitative estimate of drug-likeness (QED) is 0.650. The summed E-state index contributed by atoms with van der Waals surface area (Å²) in [6.45, 7) is 10.0. The van der Waals surface area contributed by atoms with Crippen molar-refractivity contribution >= 4 is 11.6 Å². The second-order valence-electron chi connectivity index (χ2n) is 7.80. The van der Waals surface area contributed by atoms with Crippen LogP contribution in [0.4, 0.5) is 5.69 Å². The van der Waals surface area contributed by atoms with Crippen LogP contribution >= 0.6 is 0 Å². The monoisotopic (exact) mass is 348 g/mol. The second kappa shape index (κ2) is 8.10. The van der Waals surface area contributed by atoms with Crippen LogP contribution < -0.4 is 11.1 Å². The largest absolute Gasteiger partial charge is 0.398 e. The van der Waals surface area contributed by atoms with Crippen LogP contribution in [0.2, 0.25) is 0 Å². The van der Waals surface area contributed by atoms with Gasteiger partial charge >= 0.3 is 0 Å². The van der Waals surface area contributed by atoms with E-state index in [-0.39, 0.29) is 17.4 Å². The first-order valence-corrected chi connectivity index (χ1v) is 8.93. The van der Waals surface area contributed by atoms with Gasteiger partial charge in [-0.05, 0) is 54.2 Å². The van der Waals surface area contributed by atoms with Gasteiger partial charge in [-0.25, -0.2) is 0 Å². The summed E-state index contributed by atoms with van der Waals surface area (Å²) in [5.41, 5.74) is 11.1. The SMILES string of the molecule is CC(=O)NC(C)Cc1ccc(C#Cc2ccc(C(C)(C)C)cc2N)cc1. The third-order valence-corrected chi connectivity index (χ3v) is 4.20. The predicted octanol–water partition coefficient (Wildman–Crippen LogP) is 4.03. The third-order valence-electron chi connectivity index (χ3n) is 4.20. The highest BCUT2D eigenvalue weighted by molar-refractivity contribution is 5.73. The molecule has 2 rings (SSSR count). The number of carbonyl (C=O) groups is 1. The summed E-state index contributed by atoms with van der Waals surface area (Å²) in [7, 11) is 0. The molecule has 0 heterocycles. The molecule has 0 bridgehead atoms. The summed E-state index contributed by atoms with van der Waals surface area (Å²) in [5.74, 6) is 6.33. The minimum Gasteiger partial charge on any atom is -0.398 e. The van der Waals surface area contributed by atoms with E-state index in [1.54, 1.807) is 0 Å². The Hall–Kier alpha value is -2.73. The van der Waals surface area contributed by atoms with Crippen LogP contribution in [0.5, 0.6) is 0 Å². The minimum atomic E-state index is -0.00458. The summed E-state index contributed by atoms with van der Waals surface area (Å²) in [5, 5.41) is 2.89.